The van der Waals surface area contributed by atoms with E-state index in [1.54, 1.807) is 6.20 Å². The first-order valence-corrected chi connectivity index (χ1v) is 10.8. The topological polar surface area (TPSA) is 51.2 Å². The lowest BCUT2D eigenvalue weighted by molar-refractivity contribution is -0.124. The average molecular weight is 482 g/mol. The maximum Gasteiger partial charge on any atom is 0.258 e. The van der Waals surface area contributed by atoms with Gasteiger partial charge < -0.3 is 10.1 Å². The number of nitrogens with one attached hydrogen (secondary N) is 1. The Bertz CT molecular complexity index is 842. The number of ether oxygens (including phenoxy) is 1. The van der Waals surface area contributed by atoms with Gasteiger partial charge in [-0.1, -0.05) is 28.4 Å². The lowest BCUT2D eigenvalue weighted by Crippen LogP contribution is -2.42. The van der Waals surface area contributed by atoms with Crippen LogP contribution in [0.4, 0.5) is 0 Å². The third kappa shape index (κ3) is 3.50. The van der Waals surface area contributed by atoms with Crippen LogP contribution in [-0.4, -0.2) is 23.5 Å². The van der Waals surface area contributed by atoms with Gasteiger partial charge in [-0.15, -0.1) is 0 Å². The number of halogens is 2. The Labute approximate surface area is 170 Å². The summed E-state index contributed by atoms with van der Waals surface area (Å²) in [6.07, 6.45) is 7.05. The zero-order chi connectivity index (χ0) is 18.3. The molecule has 2 aliphatic rings. The molecule has 4 rings (SSSR count). The van der Waals surface area contributed by atoms with E-state index in [9.17, 15) is 4.79 Å². The average Bonchev–Trinajstić information content (AvgIpc) is 3.25. The van der Waals surface area contributed by atoms with Crippen molar-refractivity contribution in [3.05, 3.63) is 33.3 Å². The molecule has 4 atom stereocenters. The molecule has 0 spiro atoms. The Morgan fingerprint density at radius 3 is 2.92 bits per heavy atom. The SMILES string of the molecule is CC(NC(=O)COc1c(Br)cc(Br)c2cccnc12)C1CC2CCC1C2. The third-order valence-electron chi connectivity index (χ3n) is 5.92. The number of hydrogen-bond donors (Lipinski definition) is 1. The van der Waals surface area contributed by atoms with E-state index in [1.807, 2.05) is 18.2 Å². The van der Waals surface area contributed by atoms with Crippen LogP contribution >= 0.6 is 31.9 Å². The zero-order valence-electron chi connectivity index (χ0n) is 14.7. The summed E-state index contributed by atoms with van der Waals surface area (Å²) in [7, 11) is 0. The Morgan fingerprint density at radius 1 is 1.35 bits per heavy atom. The van der Waals surface area contributed by atoms with Gasteiger partial charge >= 0.3 is 0 Å². The van der Waals surface area contributed by atoms with Crippen molar-refractivity contribution >= 4 is 48.7 Å². The van der Waals surface area contributed by atoms with Crippen LogP contribution in [0.25, 0.3) is 10.9 Å². The molecule has 2 fully saturated rings. The van der Waals surface area contributed by atoms with Crippen LogP contribution < -0.4 is 10.1 Å². The molecule has 0 aliphatic heterocycles. The molecule has 1 amide bonds. The number of rotatable bonds is 5. The summed E-state index contributed by atoms with van der Waals surface area (Å²) < 4.78 is 7.57. The van der Waals surface area contributed by atoms with E-state index in [4.69, 9.17) is 4.74 Å². The number of benzene rings is 1. The summed E-state index contributed by atoms with van der Waals surface area (Å²) in [5.41, 5.74) is 0.739. The molecule has 138 valence electrons. The van der Waals surface area contributed by atoms with Gasteiger partial charge in [-0.3, -0.25) is 9.78 Å². The van der Waals surface area contributed by atoms with Crippen molar-refractivity contribution in [3.63, 3.8) is 0 Å². The largest absolute Gasteiger partial charge is 0.480 e. The fourth-order valence-corrected chi connectivity index (χ4v) is 6.12. The molecule has 0 radical (unpaired) electrons. The van der Waals surface area contributed by atoms with Crippen molar-refractivity contribution in [1.82, 2.24) is 10.3 Å². The number of carbonyl (C=O) groups is 1. The second kappa shape index (κ2) is 7.47. The predicted molar refractivity (Wildman–Crippen MR) is 109 cm³/mol. The highest BCUT2D eigenvalue weighted by molar-refractivity contribution is 9.11. The predicted octanol–water partition coefficient (Wildman–Crippen LogP) is 5.08. The number of fused-ring (bicyclic) bond motifs is 3. The highest BCUT2D eigenvalue weighted by atomic mass is 79.9. The minimum atomic E-state index is -0.0702. The van der Waals surface area contributed by atoms with Crippen molar-refractivity contribution in [2.45, 2.75) is 38.6 Å². The fraction of sp³-hybridized carbons (Fsp3) is 0.500. The first-order valence-electron chi connectivity index (χ1n) is 9.18. The van der Waals surface area contributed by atoms with Gasteiger partial charge in [-0.05, 0) is 72.0 Å². The highest BCUT2D eigenvalue weighted by Gasteiger charge is 2.42. The summed E-state index contributed by atoms with van der Waals surface area (Å²) in [6, 6.07) is 6.00. The Morgan fingerprint density at radius 2 is 2.19 bits per heavy atom. The molecule has 26 heavy (non-hydrogen) atoms. The fourth-order valence-electron chi connectivity index (χ4n) is 4.73. The maximum absolute atomic E-state index is 12.4. The van der Waals surface area contributed by atoms with E-state index in [0.717, 1.165) is 31.7 Å². The van der Waals surface area contributed by atoms with E-state index in [0.29, 0.717) is 11.7 Å². The zero-order valence-corrected chi connectivity index (χ0v) is 17.8. The van der Waals surface area contributed by atoms with Gasteiger partial charge in [0.05, 0.1) is 4.47 Å². The molecule has 1 N–H and O–H groups in total. The van der Waals surface area contributed by atoms with Crippen molar-refractivity contribution < 1.29 is 9.53 Å². The van der Waals surface area contributed by atoms with E-state index in [1.165, 1.54) is 25.7 Å². The van der Waals surface area contributed by atoms with Crippen molar-refractivity contribution in [1.29, 1.82) is 0 Å². The summed E-state index contributed by atoms with van der Waals surface area (Å²) in [5.74, 6) is 2.84. The quantitative estimate of drug-likeness (QED) is 0.647. The molecule has 1 aromatic heterocycles. The molecule has 2 saturated carbocycles. The van der Waals surface area contributed by atoms with Crippen LogP contribution in [0, 0.1) is 17.8 Å². The smallest absolute Gasteiger partial charge is 0.258 e. The lowest BCUT2D eigenvalue weighted by Gasteiger charge is -2.28. The molecule has 1 aromatic carbocycles. The third-order valence-corrected chi connectivity index (χ3v) is 7.17. The van der Waals surface area contributed by atoms with Gasteiger partial charge in [-0.25, -0.2) is 0 Å². The summed E-state index contributed by atoms with van der Waals surface area (Å²) >= 11 is 7.06. The molecule has 1 heterocycles. The van der Waals surface area contributed by atoms with E-state index in [-0.39, 0.29) is 18.6 Å². The minimum Gasteiger partial charge on any atom is -0.480 e. The molecule has 6 heteroatoms. The van der Waals surface area contributed by atoms with Gasteiger partial charge in [-0.2, -0.15) is 0 Å². The number of carbonyl (C=O) groups excluding carboxylic acids is 1. The van der Waals surface area contributed by atoms with Crippen LogP contribution in [0.3, 0.4) is 0 Å². The number of hydrogen-bond acceptors (Lipinski definition) is 3. The van der Waals surface area contributed by atoms with Gasteiger partial charge in [0.15, 0.2) is 12.4 Å². The molecule has 4 nitrogen and oxygen atoms in total. The van der Waals surface area contributed by atoms with Crippen LogP contribution in [0.1, 0.15) is 32.6 Å². The number of amides is 1. The normalized spacial score (nSPS) is 25.4. The number of aromatic nitrogens is 1. The Kier molecular flexibility index (Phi) is 5.24. The second-order valence-electron chi connectivity index (χ2n) is 7.55. The molecule has 2 bridgehead atoms. The van der Waals surface area contributed by atoms with Crippen molar-refractivity contribution in [3.8, 4) is 5.75 Å². The van der Waals surface area contributed by atoms with E-state index in [2.05, 4.69) is 49.1 Å². The molecular formula is C20H22Br2N2O2. The van der Waals surface area contributed by atoms with Gasteiger partial charge in [0.1, 0.15) is 5.52 Å². The second-order valence-corrected chi connectivity index (χ2v) is 9.26. The summed E-state index contributed by atoms with van der Waals surface area (Å²) in [6.45, 7) is 2.13. The molecule has 4 unspecified atom stereocenters. The summed E-state index contributed by atoms with van der Waals surface area (Å²) in [5, 5.41) is 4.11. The van der Waals surface area contributed by atoms with Gasteiger partial charge in [0.25, 0.3) is 5.91 Å². The number of pyridine rings is 1. The molecular weight excluding hydrogens is 460 g/mol. The number of nitrogens with zero attached hydrogens (tertiary/aromatic N) is 1. The van der Waals surface area contributed by atoms with Crippen LogP contribution in [-0.2, 0) is 4.79 Å². The Hall–Kier alpha value is -1.14. The first-order chi connectivity index (χ1) is 12.5. The first kappa shape index (κ1) is 18.2. The molecule has 2 aromatic rings. The monoisotopic (exact) mass is 480 g/mol. The maximum atomic E-state index is 12.4. The van der Waals surface area contributed by atoms with E-state index < -0.39 is 0 Å². The van der Waals surface area contributed by atoms with Crippen LogP contribution in [0.2, 0.25) is 0 Å². The van der Waals surface area contributed by atoms with Crippen molar-refractivity contribution in [2.75, 3.05) is 6.61 Å². The van der Waals surface area contributed by atoms with Crippen LogP contribution in [0.5, 0.6) is 5.75 Å². The minimum absolute atomic E-state index is 0.00291. The standard InChI is InChI=1S/C20H22Br2N2O2/c1-11(15-8-12-4-5-13(15)7-12)24-18(25)10-26-20-17(22)9-16(21)14-3-2-6-23-19(14)20/h2-3,6,9,11-13,15H,4-5,7-8,10H2,1H3,(H,24,25). The van der Waals surface area contributed by atoms with Crippen LogP contribution in [0.15, 0.2) is 33.3 Å². The molecule has 0 saturated heterocycles. The van der Waals surface area contributed by atoms with E-state index >= 15 is 0 Å². The molecule has 2 aliphatic carbocycles. The van der Waals surface area contributed by atoms with Gasteiger partial charge in [0.2, 0.25) is 0 Å². The Balaban J connectivity index is 1.41. The summed E-state index contributed by atoms with van der Waals surface area (Å²) in [4.78, 5) is 16.8. The van der Waals surface area contributed by atoms with Gasteiger partial charge in [0, 0.05) is 22.1 Å². The lowest BCUT2D eigenvalue weighted by atomic mass is 9.84. The highest BCUT2D eigenvalue weighted by Crippen LogP contribution is 2.49. The van der Waals surface area contributed by atoms with Crippen molar-refractivity contribution in [2.24, 2.45) is 17.8 Å².